The van der Waals surface area contributed by atoms with E-state index < -0.39 is 13.0 Å². The molecule has 0 unspecified atom stereocenters. The van der Waals surface area contributed by atoms with Gasteiger partial charge in [0.2, 0.25) is 11.8 Å². The number of anilines is 1. The summed E-state index contributed by atoms with van der Waals surface area (Å²) in [7, 11) is 0. The number of hydrogen-bond donors (Lipinski definition) is 0. The molecule has 3 aromatic rings. The number of hydrogen-bond acceptors (Lipinski definition) is 7. The zero-order valence-electron chi connectivity index (χ0n) is 15.5. The Labute approximate surface area is 161 Å². The molecule has 0 bridgehead atoms. The van der Waals surface area contributed by atoms with Crippen molar-refractivity contribution < 1.29 is 17.9 Å². The van der Waals surface area contributed by atoms with Crippen LogP contribution in [0.4, 0.5) is 14.5 Å². The molecule has 0 atom stereocenters. The molecule has 0 saturated carbocycles. The molecular weight excluding hydrogens is 368 g/mol. The second-order valence-corrected chi connectivity index (χ2v) is 6.71. The minimum absolute atomic E-state index is 0.185. The Bertz CT molecular complexity index is 941. The van der Waals surface area contributed by atoms with Crippen LogP contribution in [0, 0.1) is 6.92 Å². The molecule has 7 nitrogen and oxygen atoms in total. The topological polar surface area (TPSA) is 67.5 Å². The average molecular weight is 389 g/mol. The predicted molar refractivity (Wildman–Crippen MR) is 99.8 cm³/mol. The van der Waals surface area contributed by atoms with Gasteiger partial charge in [0.15, 0.2) is 6.61 Å². The Balaban J connectivity index is 1.45. The molecule has 0 spiro atoms. The maximum Gasteiger partial charge on any atom is 0.272 e. The van der Waals surface area contributed by atoms with Crippen molar-refractivity contribution in [3.63, 3.8) is 0 Å². The third kappa shape index (κ3) is 4.19. The number of nitrogens with zero attached hydrogens (tertiary/aromatic N) is 5. The van der Waals surface area contributed by atoms with Crippen LogP contribution in [0.25, 0.3) is 10.9 Å². The highest BCUT2D eigenvalue weighted by atomic mass is 19.3. The molecule has 1 fully saturated rings. The van der Waals surface area contributed by atoms with E-state index in [9.17, 15) is 8.78 Å². The zero-order chi connectivity index (χ0) is 19.5. The Morgan fingerprint density at radius 1 is 1.14 bits per heavy atom. The summed E-state index contributed by atoms with van der Waals surface area (Å²) in [5.41, 5.74) is 1.66. The van der Waals surface area contributed by atoms with Crippen LogP contribution in [-0.2, 0) is 6.54 Å². The fraction of sp³-hybridized carbons (Fsp3) is 0.421. The Morgan fingerprint density at radius 3 is 2.68 bits per heavy atom. The third-order valence-electron chi connectivity index (χ3n) is 4.69. The fourth-order valence-corrected chi connectivity index (χ4v) is 3.30. The smallest absolute Gasteiger partial charge is 0.272 e. The van der Waals surface area contributed by atoms with E-state index in [0.717, 1.165) is 43.5 Å². The minimum Gasteiger partial charge on any atom is -0.471 e. The molecule has 3 heterocycles. The number of oxazole rings is 1. The van der Waals surface area contributed by atoms with Gasteiger partial charge < -0.3 is 14.1 Å². The lowest BCUT2D eigenvalue weighted by atomic mass is 10.2. The molecule has 28 heavy (non-hydrogen) atoms. The number of rotatable bonds is 6. The lowest BCUT2D eigenvalue weighted by Gasteiger charge is -2.35. The van der Waals surface area contributed by atoms with Crippen LogP contribution in [-0.4, -0.2) is 59.1 Å². The first-order valence-corrected chi connectivity index (χ1v) is 9.13. The molecule has 1 aliphatic heterocycles. The molecular formula is C19H21F2N5O2. The van der Waals surface area contributed by atoms with Crippen molar-refractivity contribution in [3.8, 4) is 5.88 Å². The van der Waals surface area contributed by atoms with Gasteiger partial charge >= 0.3 is 0 Å². The highest BCUT2D eigenvalue weighted by Crippen LogP contribution is 2.27. The van der Waals surface area contributed by atoms with Gasteiger partial charge in [-0.25, -0.2) is 23.7 Å². The van der Waals surface area contributed by atoms with E-state index in [0.29, 0.717) is 17.4 Å². The second kappa shape index (κ2) is 8.05. The first kappa shape index (κ1) is 18.5. The number of aryl methyl sites for hydroxylation is 1. The number of halogens is 2. The van der Waals surface area contributed by atoms with Gasteiger partial charge in [-0.15, -0.1) is 0 Å². The van der Waals surface area contributed by atoms with Crippen molar-refractivity contribution in [2.75, 3.05) is 37.7 Å². The summed E-state index contributed by atoms with van der Waals surface area (Å²) < 4.78 is 35.7. The minimum atomic E-state index is -2.55. The van der Waals surface area contributed by atoms with Gasteiger partial charge in [-0.05, 0) is 25.1 Å². The van der Waals surface area contributed by atoms with Crippen LogP contribution in [0.1, 0.15) is 11.7 Å². The van der Waals surface area contributed by atoms with Crippen LogP contribution < -0.4 is 9.64 Å². The van der Waals surface area contributed by atoms with E-state index in [2.05, 4.69) is 24.8 Å². The summed E-state index contributed by atoms with van der Waals surface area (Å²) in [6, 6.07) is 5.76. The van der Waals surface area contributed by atoms with Crippen molar-refractivity contribution in [3.05, 3.63) is 42.4 Å². The lowest BCUT2D eigenvalue weighted by molar-refractivity contribution is 0.0804. The summed E-state index contributed by atoms with van der Waals surface area (Å²) in [4.78, 5) is 17.0. The summed E-state index contributed by atoms with van der Waals surface area (Å²) in [5.74, 6) is 1.73. The molecule has 0 aliphatic carbocycles. The number of alkyl halides is 2. The molecule has 2 aromatic heterocycles. The van der Waals surface area contributed by atoms with Crippen LogP contribution in [0.15, 0.2) is 35.1 Å². The van der Waals surface area contributed by atoms with Crippen LogP contribution in [0.2, 0.25) is 0 Å². The molecule has 1 aromatic carbocycles. The number of ether oxygens (including phenoxy) is 1. The van der Waals surface area contributed by atoms with Crippen LogP contribution >= 0.6 is 0 Å². The summed E-state index contributed by atoms with van der Waals surface area (Å²) in [6.45, 7) is 5.32. The molecule has 4 rings (SSSR count). The SMILES string of the molecule is Cc1cnc(CN2CCN(c3ccc4ncnc(OCC(F)F)c4c3)CC2)o1. The summed E-state index contributed by atoms with van der Waals surface area (Å²) in [5, 5.41) is 0.637. The van der Waals surface area contributed by atoms with Gasteiger partial charge in [0.1, 0.15) is 12.1 Å². The Morgan fingerprint density at radius 2 is 1.96 bits per heavy atom. The lowest BCUT2D eigenvalue weighted by Crippen LogP contribution is -2.46. The van der Waals surface area contributed by atoms with E-state index in [-0.39, 0.29) is 5.88 Å². The van der Waals surface area contributed by atoms with Gasteiger partial charge in [-0.2, -0.15) is 0 Å². The largest absolute Gasteiger partial charge is 0.471 e. The highest BCUT2D eigenvalue weighted by molar-refractivity contribution is 5.86. The van der Waals surface area contributed by atoms with Gasteiger partial charge in [0.05, 0.1) is 23.6 Å². The monoisotopic (exact) mass is 389 g/mol. The van der Waals surface area contributed by atoms with Crippen molar-refractivity contribution in [2.24, 2.45) is 0 Å². The molecule has 0 N–H and O–H groups in total. The van der Waals surface area contributed by atoms with E-state index in [1.165, 1.54) is 6.33 Å². The molecule has 1 saturated heterocycles. The number of piperazine rings is 1. The molecule has 0 radical (unpaired) electrons. The number of benzene rings is 1. The van der Waals surface area contributed by atoms with E-state index in [1.54, 1.807) is 6.20 Å². The van der Waals surface area contributed by atoms with Crippen LogP contribution in [0.5, 0.6) is 5.88 Å². The fourth-order valence-electron chi connectivity index (χ4n) is 3.30. The Hall–Kier alpha value is -2.81. The van der Waals surface area contributed by atoms with Crippen molar-refractivity contribution in [1.29, 1.82) is 0 Å². The standard InChI is InChI=1S/C19H21F2N5O2/c1-13-9-22-18(28-13)10-25-4-6-26(7-5-25)14-2-3-16-15(8-14)19(24-12-23-16)27-11-17(20)21/h2-3,8-9,12,17H,4-7,10-11H2,1H3. The zero-order valence-corrected chi connectivity index (χ0v) is 15.5. The number of fused-ring (bicyclic) bond motifs is 1. The summed E-state index contributed by atoms with van der Waals surface area (Å²) >= 11 is 0. The van der Waals surface area contributed by atoms with E-state index in [1.807, 2.05) is 25.1 Å². The van der Waals surface area contributed by atoms with E-state index in [4.69, 9.17) is 9.15 Å². The van der Waals surface area contributed by atoms with Crippen molar-refractivity contribution in [1.82, 2.24) is 19.9 Å². The van der Waals surface area contributed by atoms with Crippen molar-refractivity contribution in [2.45, 2.75) is 19.9 Å². The average Bonchev–Trinajstić information content (AvgIpc) is 3.11. The predicted octanol–water partition coefficient (Wildman–Crippen LogP) is 2.89. The van der Waals surface area contributed by atoms with Crippen molar-refractivity contribution >= 4 is 16.6 Å². The quantitative estimate of drug-likeness (QED) is 0.642. The summed E-state index contributed by atoms with van der Waals surface area (Å²) in [6.07, 6.45) is 0.510. The number of aromatic nitrogens is 3. The first-order chi connectivity index (χ1) is 13.6. The third-order valence-corrected chi connectivity index (χ3v) is 4.69. The normalized spacial score (nSPS) is 15.5. The van der Waals surface area contributed by atoms with Gasteiger partial charge in [0.25, 0.3) is 6.43 Å². The highest BCUT2D eigenvalue weighted by Gasteiger charge is 2.20. The molecule has 1 aliphatic rings. The van der Waals surface area contributed by atoms with Gasteiger partial charge in [0, 0.05) is 31.9 Å². The maximum absolute atomic E-state index is 12.5. The second-order valence-electron chi connectivity index (χ2n) is 6.71. The molecule has 148 valence electrons. The Kier molecular flexibility index (Phi) is 5.34. The van der Waals surface area contributed by atoms with Gasteiger partial charge in [-0.3, -0.25) is 4.90 Å². The van der Waals surface area contributed by atoms with Gasteiger partial charge in [-0.1, -0.05) is 0 Å². The molecule has 0 amide bonds. The van der Waals surface area contributed by atoms with Crippen LogP contribution in [0.3, 0.4) is 0 Å². The van der Waals surface area contributed by atoms with E-state index >= 15 is 0 Å². The maximum atomic E-state index is 12.5. The first-order valence-electron chi connectivity index (χ1n) is 9.13. The molecule has 9 heteroatoms.